The molecule has 0 bridgehead atoms. The Kier molecular flexibility index (Phi) is 51.8. The molecule has 0 saturated carbocycles. The van der Waals surface area contributed by atoms with Crippen molar-refractivity contribution in [3.63, 3.8) is 0 Å². The predicted molar refractivity (Wildman–Crippen MR) is 106 cm³/mol. The Labute approximate surface area is 211 Å². The summed E-state index contributed by atoms with van der Waals surface area (Å²) in [4.78, 5) is 0. The van der Waals surface area contributed by atoms with Gasteiger partial charge in [0.05, 0.1) is 26.2 Å². The van der Waals surface area contributed by atoms with Gasteiger partial charge in [0.2, 0.25) is 0 Å². The zero-order valence-corrected chi connectivity index (χ0v) is 21.9. The van der Waals surface area contributed by atoms with Crippen molar-refractivity contribution in [2.45, 2.75) is 79.1 Å². The zero-order valence-electron chi connectivity index (χ0n) is 19.8. The molecule has 0 aromatic rings. The van der Waals surface area contributed by atoms with Gasteiger partial charge in [0.15, 0.2) is 26.7 Å². The first-order valence-electron chi connectivity index (χ1n) is 10.4. The van der Waals surface area contributed by atoms with Crippen molar-refractivity contribution in [1.29, 1.82) is 0 Å². The van der Waals surface area contributed by atoms with Crippen LogP contribution in [0.5, 0.6) is 0 Å². The maximum absolute atomic E-state index is 9.58. The van der Waals surface area contributed by atoms with E-state index >= 15 is 0 Å². The largest absolute Gasteiger partial charge is 3.00 e. The Morgan fingerprint density at radius 2 is 0.500 bits per heavy atom. The summed E-state index contributed by atoms with van der Waals surface area (Å²) in [5, 5.41) is 0. The Balaban J connectivity index is -0.0000000939. The van der Waals surface area contributed by atoms with Gasteiger partial charge in [-0.05, 0) is 25.7 Å². The van der Waals surface area contributed by atoms with Crippen LogP contribution in [0, 0.1) is 26.7 Å². The van der Waals surface area contributed by atoms with Crippen LogP contribution in [0.4, 0.5) is 52.7 Å². The van der Waals surface area contributed by atoms with E-state index in [-0.39, 0.29) is 22.4 Å². The summed E-state index contributed by atoms with van der Waals surface area (Å²) in [5.41, 5.74) is 0. The second kappa shape index (κ2) is 37.4. The third-order valence-corrected chi connectivity index (χ3v) is 3.94. The summed E-state index contributed by atoms with van der Waals surface area (Å²) < 4.78 is 116. The Hall–Kier alpha value is -0.140. The first-order chi connectivity index (χ1) is 15.2. The van der Waals surface area contributed by atoms with Crippen molar-refractivity contribution in [2.24, 2.45) is 0 Å². The van der Waals surface area contributed by atoms with Gasteiger partial charge in [-0.15, -0.1) is 0 Å². The molecule has 0 aromatic carbocycles. The number of hydrogen-bond donors (Lipinski definition) is 0. The molecule has 0 saturated heterocycles. The molecule has 0 aliphatic carbocycles. The molecule has 0 unspecified atom stereocenters. The standard InChI is InChI=1S/C16H36N.4CF3.Au/c1-5-9-13-17(14-10-6-2,15-11-7-3)16-12-8-4;4*2-1(3)4;/h5-16H2,1-4H3;;;;;/q+1;4*-1;+3. The van der Waals surface area contributed by atoms with Crippen molar-refractivity contribution in [2.75, 3.05) is 26.2 Å². The maximum atomic E-state index is 9.58. The maximum Gasteiger partial charge on any atom is 3.00 e. The van der Waals surface area contributed by atoms with E-state index in [0.717, 1.165) is 0 Å². The Morgan fingerprint density at radius 3 is 0.588 bits per heavy atom. The number of rotatable bonds is 12. The summed E-state index contributed by atoms with van der Waals surface area (Å²) >= 11 is 0. The van der Waals surface area contributed by atoms with Crippen molar-refractivity contribution in [3.8, 4) is 0 Å². The van der Waals surface area contributed by atoms with E-state index in [1.807, 2.05) is 0 Å². The SMILES string of the molecule is CCCC[N+](CCCC)(CCCC)CCCC.F[C-](F)F.F[C-](F)F.F[C-](F)F.F[C-](F)F.[Au+3]. The fourth-order valence-corrected chi connectivity index (χ4v) is 2.64. The fourth-order valence-electron chi connectivity index (χ4n) is 2.64. The summed E-state index contributed by atoms with van der Waals surface area (Å²) in [5.74, 6) is 0. The van der Waals surface area contributed by atoms with Crippen LogP contribution in [0.2, 0.25) is 0 Å². The van der Waals surface area contributed by atoms with Crippen LogP contribution in [0.3, 0.4) is 0 Å². The van der Waals surface area contributed by atoms with Crippen LogP contribution in [-0.4, -0.2) is 30.7 Å². The van der Waals surface area contributed by atoms with E-state index in [9.17, 15) is 52.7 Å². The molecule has 1 nitrogen and oxygen atoms in total. The molecule has 14 heteroatoms. The van der Waals surface area contributed by atoms with Gasteiger partial charge in [-0.1, -0.05) is 53.4 Å². The van der Waals surface area contributed by atoms with Crippen LogP contribution in [-0.2, 0) is 22.4 Å². The minimum Gasteiger partial charge on any atom is -0.385 e. The third kappa shape index (κ3) is 76.9. The van der Waals surface area contributed by atoms with Gasteiger partial charge in [-0.25, -0.2) is 0 Å². The van der Waals surface area contributed by atoms with E-state index < -0.39 is 26.7 Å². The van der Waals surface area contributed by atoms with Gasteiger partial charge in [0, 0.05) is 0 Å². The monoisotopic (exact) mass is 715 g/mol. The molecule has 0 heterocycles. The van der Waals surface area contributed by atoms with Gasteiger partial charge < -0.3 is 57.2 Å². The minimum atomic E-state index is -3.08. The third-order valence-electron chi connectivity index (χ3n) is 3.94. The average molecular weight is 715 g/mol. The van der Waals surface area contributed by atoms with Crippen LogP contribution < -0.4 is 0 Å². The molecular formula is C20H36AuF12N. The smallest absolute Gasteiger partial charge is 0.385 e. The van der Waals surface area contributed by atoms with Gasteiger partial charge in [0.1, 0.15) is 0 Å². The normalized spacial score (nSPS) is 10.2. The van der Waals surface area contributed by atoms with E-state index in [1.54, 1.807) is 0 Å². The first kappa shape index (κ1) is 47.1. The molecule has 0 aliphatic rings. The van der Waals surface area contributed by atoms with E-state index in [0.29, 0.717) is 0 Å². The predicted octanol–water partition coefficient (Wildman–Crippen LogP) is 10.4. The molecule has 0 radical (unpaired) electrons. The quantitative estimate of drug-likeness (QED) is 0.0817. The van der Waals surface area contributed by atoms with Crippen LogP contribution in [0.1, 0.15) is 79.1 Å². The second-order valence-corrected chi connectivity index (χ2v) is 6.51. The van der Waals surface area contributed by atoms with Crippen molar-refractivity contribution in [3.05, 3.63) is 26.7 Å². The molecule has 0 amide bonds. The average Bonchev–Trinajstić information content (AvgIpc) is 2.65. The van der Waals surface area contributed by atoms with E-state index in [1.165, 1.54) is 82.0 Å². The van der Waals surface area contributed by atoms with Crippen LogP contribution in [0.25, 0.3) is 0 Å². The second-order valence-electron chi connectivity index (χ2n) is 6.51. The number of quaternary nitrogens is 1. The van der Waals surface area contributed by atoms with Crippen LogP contribution >= 0.6 is 0 Å². The molecule has 0 spiro atoms. The summed E-state index contributed by atoms with van der Waals surface area (Å²) in [6.07, 6.45) is 11.1. The Bertz CT molecular complexity index is 255. The van der Waals surface area contributed by atoms with Gasteiger partial charge >= 0.3 is 22.4 Å². The van der Waals surface area contributed by atoms with Gasteiger partial charge in [-0.2, -0.15) is 0 Å². The van der Waals surface area contributed by atoms with Crippen LogP contribution in [0.15, 0.2) is 0 Å². The minimum absolute atomic E-state index is 0. The molecule has 0 rings (SSSR count). The molecule has 0 aliphatic heterocycles. The topological polar surface area (TPSA) is 0 Å². The van der Waals surface area contributed by atoms with Gasteiger partial charge in [-0.3, -0.25) is 0 Å². The fraction of sp³-hybridized carbons (Fsp3) is 0.800. The molecule has 0 fully saturated rings. The first-order valence-corrected chi connectivity index (χ1v) is 10.4. The number of unbranched alkanes of at least 4 members (excludes halogenated alkanes) is 4. The van der Waals surface area contributed by atoms with Gasteiger partial charge in [0.25, 0.3) is 0 Å². The number of halogens is 12. The van der Waals surface area contributed by atoms with Crippen molar-refractivity contribution >= 4 is 0 Å². The summed E-state index contributed by atoms with van der Waals surface area (Å²) in [6, 6.07) is 0. The zero-order chi connectivity index (χ0) is 27.3. The molecule has 216 valence electrons. The molecule has 0 N–H and O–H groups in total. The summed E-state index contributed by atoms with van der Waals surface area (Å²) in [6.45, 7) is 2.69. The van der Waals surface area contributed by atoms with E-state index in [2.05, 4.69) is 27.7 Å². The molecule has 0 aromatic heterocycles. The summed E-state index contributed by atoms with van der Waals surface area (Å²) in [7, 11) is 0. The van der Waals surface area contributed by atoms with Crippen molar-refractivity contribution < 1.29 is 79.5 Å². The molecule has 34 heavy (non-hydrogen) atoms. The number of hydrogen-bond acceptors (Lipinski definition) is 0. The van der Waals surface area contributed by atoms with Crippen molar-refractivity contribution in [1.82, 2.24) is 0 Å². The Morgan fingerprint density at radius 1 is 0.382 bits per heavy atom. The molecule has 0 atom stereocenters. The van der Waals surface area contributed by atoms with E-state index in [4.69, 9.17) is 0 Å². The molecular weight excluding hydrogens is 679 g/mol. The number of nitrogens with zero attached hydrogens (tertiary/aromatic N) is 1.